The van der Waals surface area contributed by atoms with E-state index in [1.165, 1.54) is 37.7 Å². The Labute approximate surface area is 150 Å². The number of benzene rings is 2. The maximum absolute atomic E-state index is 13.8. The van der Waals surface area contributed by atoms with Gasteiger partial charge in [-0.3, -0.25) is 4.39 Å². The molecule has 0 saturated heterocycles. The zero-order chi connectivity index (χ0) is 17.6. The molecule has 3 rings (SSSR count). The van der Waals surface area contributed by atoms with E-state index in [1.54, 1.807) is 13.0 Å². The Morgan fingerprint density at radius 1 is 0.880 bits per heavy atom. The molecule has 1 aliphatic carbocycles. The van der Waals surface area contributed by atoms with Gasteiger partial charge in [-0.2, -0.15) is 0 Å². The van der Waals surface area contributed by atoms with Crippen LogP contribution in [0.5, 0.6) is 0 Å². The maximum atomic E-state index is 13.8. The van der Waals surface area contributed by atoms with Gasteiger partial charge in [0, 0.05) is 0 Å². The number of alkyl halides is 1. The average Bonchev–Trinajstić information content (AvgIpc) is 2.65. The summed E-state index contributed by atoms with van der Waals surface area (Å²) in [6, 6.07) is 14.1. The van der Waals surface area contributed by atoms with E-state index in [0.717, 1.165) is 29.9 Å². The minimum absolute atomic E-state index is 0.146. The topological polar surface area (TPSA) is 0 Å². The first-order chi connectivity index (χ1) is 12.2. The van der Waals surface area contributed by atoms with Crippen LogP contribution in [0.3, 0.4) is 0 Å². The van der Waals surface area contributed by atoms with Crippen LogP contribution in [0.25, 0.3) is 11.1 Å². The predicted octanol–water partition coefficient (Wildman–Crippen LogP) is 7.21. The molecule has 0 bridgehead atoms. The van der Waals surface area contributed by atoms with Gasteiger partial charge in [0.15, 0.2) is 0 Å². The molecule has 25 heavy (non-hydrogen) atoms. The van der Waals surface area contributed by atoms with Crippen molar-refractivity contribution >= 4 is 0 Å². The molecule has 0 amide bonds. The monoisotopic (exact) mass is 342 g/mol. The lowest BCUT2D eigenvalue weighted by Gasteiger charge is -2.29. The smallest absolute Gasteiger partial charge is 0.126 e. The zero-order valence-electron chi connectivity index (χ0n) is 15.1. The standard InChI is InChI=1S/C23H28F2/c1-17-5-8-22(16-23(17)25)21-13-11-20(12-14-21)19-9-6-18(7-10-19)4-2-3-15-24/h5,8,11-14,16,18-19H,2-4,6-7,9-10,15H2,1H3. The fourth-order valence-electron chi connectivity index (χ4n) is 4.03. The molecule has 1 aliphatic rings. The summed E-state index contributed by atoms with van der Waals surface area (Å²) in [7, 11) is 0. The second-order valence-corrected chi connectivity index (χ2v) is 7.49. The van der Waals surface area contributed by atoms with E-state index < -0.39 is 0 Å². The molecule has 0 radical (unpaired) electrons. The van der Waals surface area contributed by atoms with Crippen molar-refractivity contribution in [3.63, 3.8) is 0 Å². The Kier molecular flexibility index (Phi) is 6.23. The van der Waals surface area contributed by atoms with E-state index in [-0.39, 0.29) is 12.5 Å². The van der Waals surface area contributed by atoms with E-state index >= 15 is 0 Å². The third kappa shape index (κ3) is 4.68. The number of halogens is 2. The van der Waals surface area contributed by atoms with Gasteiger partial charge in [-0.25, -0.2) is 4.39 Å². The van der Waals surface area contributed by atoms with Crippen LogP contribution in [0, 0.1) is 18.7 Å². The van der Waals surface area contributed by atoms with E-state index in [9.17, 15) is 8.78 Å². The molecule has 0 unspecified atom stereocenters. The molecule has 1 saturated carbocycles. The molecular formula is C23H28F2. The van der Waals surface area contributed by atoms with Crippen molar-refractivity contribution < 1.29 is 8.78 Å². The van der Waals surface area contributed by atoms with Gasteiger partial charge in [-0.15, -0.1) is 0 Å². The molecule has 1 fully saturated rings. The number of hydrogen-bond acceptors (Lipinski definition) is 0. The lowest BCUT2D eigenvalue weighted by molar-refractivity contribution is 0.298. The van der Waals surface area contributed by atoms with E-state index in [2.05, 4.69) is 24.3 Å². The summed E-state index contributed by atoms with van der Waals surface area (Å²) in [4.78, 5) is 0. The fourth-order valence-corrected chi connectivity index (χ4v) is 4.03. The number of unbranched alkanes of at least 4 members (excludes halogenated alkanes) is 1. The molecule has 0 aromatic heterocycles. The van der Waals surface area contributed by atoms with Crippen LogP contribution >= 0.6 is 0 Å². The lowest BCUT2D eigenvalue weighted by Crippen LogP contribution is -2.13. The number of hydrogen-bond donors (Lipinski definition) is 0. The highest BCUT2D eigenvalue weighted by Gasteiger charge is 2.22. The van der Waals surface area contributed by atoms with Gasteiger partial charge in [-0.1, -0.05) is 49.2 Å². The molecule has 0 spiro atoms. The van der Waals surface area contributed by atoms with Crippen molar-refractivity contribution in [2.75, 3.05) is 6.67 Å². The van der Waals surface area contributed by atoms with Crippen LogP contribution in [0.15, 0.2) is 42.5 Å². The highest BCUT2D eigenvalue weighted by Crippen LogP contribution is 2.38. The van der Waals surface area contributed by atoms with Gasteiger partial charge < -0.3 is 0 Å². The van der Waals surface area contributed by atoms with Crippen molar-refractivity contribution in [3.05, 3.63) is 59.4 Å². The average molecular weight is 342 g/mol. The summed E-state index contributed by atoms with van der Waals surface area (Å²) in [5.41, 5.74) is 4.09. The Morgan fingerprint density at radius 3 is 2.20 bits per heavy atom. The van der Waals surface area contributed by atoms with Crippen LogP contribution in [0.1, 0.15) is 62.0 Å². The quantitative estimate of drug-likeness (QED) is 0.486. The highest BCUT2D eigenvalue weighted by atomic mass is 19.1. The second kappa shape index (κ2) is 8.60. The molecule has 0 heterocycles. The maximum Gasteiger partial charge on any atom is 0.126 e. The SMILES string of the molecule is Cc1ccc(-c2ccc(C3CCC(CCCCF)CC3)cc2)cc1F. The molecule has 134 valence electrons. The van der Waals surface area contributed by atoms with Crippen LogP contribution in [0.2, 0.25) is 0 Å². The van der Waals surface area contributed by atoms with E-state index in [1.807, 2.05) is 12.1 Å². The Hall–Kier alpha value is -1.70. The van der Waals surface area contributed by atoms with Gasteiger partial charge in [0.1, 0.15) is 5.82 Å². The Balaban J connectivity index is 1.59. The highest BCUT2D eigenvalue weighted by molar-refractivity contribution is 5.64. The summed E-state index contributed by atoms with van der Waals surface area (Å²) >= 11 is 0. The van der Waals surface area contributed by atoms with Crippen LogP contribution in [-0.2, 0) is 0 Å². The summed E-state index contributed by atoms with van der Waals surface area (Å²) in [5.74, 6) is 1.28. The first kappa shape index (κ1) is 18.1. The van der Waals surface area contributed by atoms with Crippen molar-refractivity contribution in [2.24, 2.45) is 5.92 Å². The Morgan fingerprint density at radius 2 is 1.56 bits per heavy atom. The second-order valence-electron chi connectivity index (χ2n) is 7.49. The Bertz CT molecular complexity index is 667. The van der Waals surface area contributed by atoms with Crippen molar-refractivity contribution in [2.45, 2.75) is 57.8 Å². The number of aryl methyl sites for hydroxylation is 1. The largest absolute Gasteiger partial charge is 0.251 e. The van der Waals surface area contributed by atoms with Gasteiger partial charge in [-0.05, 0) is 79.2 Å². The van der Waals surface area contributed by atoms with Gasteiger partial charge >= 0.3 is 0 Å². The van der Waals surface area contributed by atoms with Crippen LogP contribution < -0.4 is 0 Å². The summed E-state index contributed by atoms with van der Waals surface area (Å²) in [5, 5.41) is 0. The third-order valence-electron chi connectivity index (χ3n) is 5.73. The lowest BCUT2D eigenvalue weighted by atomic mass is 9.77. The molecular weight excluding hydrogens is 314 g/mol. The molecule has 0 N–H and O–H groups in total. The molecule has 0 nitrogen and oxygen atoms in total. The summed E-state index contributed by atoms with van der Waals surface area (Å²) in [6.45, 7) is 1.61. The normalized spacial score (nSPS) is 20.6. The van der Waals surface area contributed by atoms with Crippen LogP contribution in [-0.4, -0.2) is 6.67 Å². The molecule has 0 atom stereocenters. The third-order valence-corrected chi connectivity index (χ3v) is 5.73. The minimum atomic E-state index is -0.174. The molecule has 2 heteroatoms. The zero-order valence-corrected chi connectivity index (χ0v) is 15.1. The van der Waals surface area contributed by atoms with Crippen molar-refractivity contribution in [1.82, 2.24) is 0 Å². The van der Waals surface area contributed by atoms with Crippen molar-refractivity contribution in [1.29, 1.82) is 0 Å². The molecule has 2 aromatic rings. The first-order valence-corrected chi connectivity index (χ1v) is 9.60. The first-order valence-electron chi connectivity index (χ1n) is 9.60. The minimum Gasteiger partial charge on any atom is -0.251 e. The fraction of sp³-hybridized carbons (Fsp3) is 0.478. The molecule has 2 aromatic carbocycles. The van der Waals surface area contributed by atoms with Gasteiger partial charge in [0.2, 0.25) is 0 Å². The van der Waals surface area contributed by atoms with Gasteiger partial charge in [0.25, 0.3) is 0 Å². The summed E-state index contributed by atoms with van der Waals surface area (Å²) in [6.07, 6.45) is 7.95. The van der Waals surface area contributed by atoms with Gasteiger partial charge in [0.05, 0.1) is 6.67 Å². The summed E-state index contributed by atoms with van der Waals surface area (Å²) < 4.78 is 26.0. The van der Waals surface area contributed by atoms with Crippen molar-refractivity contribution in [3.8, 4) is 11.1 Å². The number of rotatable bonds is 6. The van der Waals surface area contributed by atoms with Crippen LogP contribution in [0.4, 0.5) is 8.78 Å². The van der Waals surface area contributed by atoms with E-state index in [0.29, 0.717) is 11.5 Å². The van der Waals surface area contributed by atoms with E-state index in [4.69, 9.17) is 0 Å². The molecule has 0 aliphatic heterocycles. The predicted molar refractivity (Wildman–Crippen MR) is 101 cm³/mol.